The normalized spacial score (nSPS) is 11.2. The van der Waals surface area contributed by atoms with Crippen molar-refractivity contribution in [2.45, 2.75) is 22.5 Å². The van der Waals surface area contributed by atoms with Gasteiger partial charge in [0.15, 0.2) is 0 Å². The molecular weight excluding hydrogens is 512 g/mol. The number of carbonyl (C=O) groups excluding carboxylic acids is 1. The molecule has 0 saturated carbocycles. The van der Waals surface area contributed by atoms with E-state index < -0.39 is 22.5 Å². The molecule has 0 spiro atoms. The fourth-order valence-corrected chi connectivity index (χ4v) is 5.95. The van der Waals surface area contributed by atoms with Gasteiger partial charge in [0.1, 0.15) is 6.54 Å². The molecule has 0 fully saturated rings. The molecule has 0 aromatic heterocycles. The number of carbonyl (C=O) groups is 1. The lowest BCUT2D eigenvalue weighted by Crippen LogP contribution is -2.38. The van der Waals surface area contributed by atoms with Crippen molar-refractivity contribution < 1.29 is 13.2 Å². The monoisotopic (exact) mass is 536 g/mol. The third-order valence-corrected chi connectivity index (χ3v) is 8.73. The summed E-state index contributed by atoms with van der Waals surface area (Å²) in [5.41, 5.74) is 2.84. The predicted molar refractivity (Wildman–Crippen MR) is 148 cm³/mol. The molecule has 0 bridgehead atoms. The number of anilines is 2. The number of rotatable bonds is 9. The highest BCUT2D eigenvalue weighted by molar-refractivity contribution is 7.98. The molecule has 4 aromatic carbocycles. The number of aryl methyl sites for hydroxylation is 1. The Morgan fingerprint density at radius 3 is 2.17 bits per heavy atom. The van der Waals surface area contributed by atoms with Gasteiger partial charge in [0.25, 0.3) is 10.0 Å². The first-order valence-electron chi connectivity index (χ1n) is 11.2. The van der Waals surface area contributed by atoms with E-state index in [9.17, 15) is 13.2 Å². The lowest BCUT2D eigenvalue weighted by molar-refractivity contribution is -0.114. The largest absolute Gasteiger partial charge is 0.325 e. The molecule has 4 aromatic rings. The summed E-state index contributed by atoms with van der Waals surface area (Å²) in [6, 6.07) is 30.6. The number of thioether (sulfide) groups is 1. The summed E-state index contributed by atoms with van der Waals surface area (Å²) in [6.07, 6.45) is 0. The van der Waals surface area contributed by atoms with E-state index in [0.717, 1.165) is 21.2 Å². The van der Waals surface area contributed by atoms with Crippen molar-refractivity contribution in [3.63, 3.8) is 0 Å². The molecule has 5 nitrogen and oxygen atoms in total. The molecule has 0 saturated heterocycles. The number of hydrogen-bond donors (Lipinski definition) is 1. The minimum atomic E-state index is -4.00. The molecular formula is C28H25ClN2O3S2. The highest BCUT2D eigenvalue weighted by Crippen LogP contribution is 2.28. The second-order valence-corrected chi connectivity index (χ2v) is 11.4. The van der Waals surface area contributed by atoms with Gasteiger partial charge in [0.05, 0.1) is 10.6 Å². The number of sulfonamides is 1. The van der Waals surface area contributed by atoms with E-state index in [1.807, 2.05) is 49.4 Å². The zero-order valence-corrected chi connectivity index (χ0v) is 22.0. The fraction of sp³-hybridized carbons (Fsp3) is 0.107. The third-order valence-electron chi connectivity index (χ3n) is 5.45. The average Bonchev–Trinajstić information content (AvgIpc) is 2.89. The number of hydrogen-bond acceptors (Lipinski definition) is 4. The van der Waals surface area contributed by atoms with Gasteiger partial charge in [-0.1, -0.05) is 66.2 Å². The Morgan fingerprint density at radius 2 is 1.53 bits per heavy atom. The van der Waals surface area contributed by atoms with Gasteiger partial charge in [-0.3, -0.25) is 9.10 Å². The Balaban J connectivity index is 1.49. The molecule has 0 atom stereocenters. The molecule has 1 amide bonds. The molecule has 0 aliphatic carbocycles. The quantitative estimate of drug-likeness (QED) is 0.240. The summed E-state index contributed by atoms with van der Waals surface area (Å²) in [4.78, 5) is 14.2. The van der Waals surface area contributed by atoms with Crippen LogP contribution in [0.3, 0.4) is 0 Å². The lowest BCUT2D eigenvalue weighted by atomic mass is 10.2. The van der Waals surface area contributed by atoms with Gasteiger partial charge in [-0.05, 0) is 66.6 Å². The Morgan fingerprint density at radius 1 is 0.889 bits per heavy atom. The maximum absolute atomic E-state index is 13.5. The van der Waals surface area contributed by atoms with Crippen molar-refractivity contribution in [1.82, 2.24) is 0 Å². The Bertz CT molecular complexity index is 1430. The van der Waals surface area contributed by atoms with Gasteiger partial charge in [-0.15, -0.1) is 11.8 Å². The molecule has 0 aliphatic heterocycles. The lowest BCUT2D eigenvalue weighted by Gasteiger charge is -2.24. The van der Waals surface area contributed by atoms with Crippen LogP contribution < -0.4 is 9.62 Å². The first-order chi connectivity index (χ1) is 17.3. The molecule has 0 heterocycles. The van der Waals surface area contributed by atoms with E-state index in [1.165, 1.54) is 17.0 Å². The maximum Gasteiger partial charge on any atom is 0.264 e. The Labute approximate surface area is 221 Å². The van der Waals surface area contributed by atoms with Crippen LogP contribution >= 0.6 is 23.4 Å². The summed E-state index contributed by atoms with van der Waals surface area (Å²) in [5.74, 6) is 0.341. The molecule has 0 aliphatic rings. The zero-order valence-electron chi connectivity index (χ0n) is 19.6. The Kier molecular flexibility index (Phi) is 8.36. The van der Waals surface area contributed by atoms with Crippen LogP contribution in [0.2, 0.25) is 5.02 Å². The summed E-state index contributed by atoms with van der Waals surface area (Å²) in [5, 5.41) is 3.23. The molecule has 1 N–H and O–H groups in total. The van der Waals surface area contributed by atoms with E-state index in [-0.39, 0.29) is 4.90 Å². The number of nitrogens with zero attached hydrogens (tertiary/aromatic N) is 1. The highest BCUT2D eigenvalue weighted by atomic mass is 35.5. The summed E-state index contributed by atoms with van der Waals surface area (Å²) < 4.78 is 28.0. The van der Waals surface area contributed by atoms with Crippen LogP contribution in [-0.4, -0.2) is 20.9 Å². The third kappa shape index (κ3) is 6.49. The van der Waals surface area contributed by atoms with Gasteiger partial charge in [-0.2, -0.15) is 0 Å². The van der Waals surface area contributed by atoms with E-state index in [1.54, 1.807) is 48.2 Å². The standard InChI is InChI=1S/C28H25ClN2O3S2/c1-21-12-17-24(18-27(21)29)31(36(33,34)26-10-6-3-7-11-26)19-28(32)30-23-15-13-22(14-16-23)20-35-25-8-4-2-5-9-25/h2-18H,19-20H2,1H3,(H,30,32). The van der Waals surface area contributed by atoms with Gasteiger partial charge >= 0.3 is 0 Å². The molecule has 0 unspecified atom stereocenters. The van der Waals surface area contributed by atoms with Crippen LogP contribution in [0, 0.1) is 6.92 Å². The van der Waals surface area contributed by atoms with E-state index >= 15 is 0 Å². The summed E-state index contributed by atoms with van der Waals surface area (Å²) in [6.45, 7) is 1.43. The van der Waals surface area contributed by atoms with Gasteiger partial charge < -0.3 is 5.32 Å². The van der Waals surface area contributed by atoms with Gasteiger partial charge in [-0.25, -0.2) is 8.42 Å². The number of amides is 1. The van der Waals surface area contributed by atoms with Crippen molar-refractivity contribution in [3.05, 3.63) is 119 Å². The molecule has 0 radical (unpaired) electrons. The number of nitrogens with one attached hydrogen (secondary N) is 1. The summed E-state index contributed by atoms with van der Waals surface area (Å²) >= 11 is 8.01. The zero-order chi connectivity index (χ0) is 25.5. The van der Waals surface area contributed by atoms with Gasteiger partial charge in [0, 0.05) is 21.4 Å². The maximum atomic E-state index is 13.5. The van der Waals surface area contributed by atoms with Gasteiger partial charge in [0.2, 0.25) is 5.91 Å². The molecule has 8 heteroatoms. The van der Waals surface area contributed by atoms with Crippen LogP contribution in [0.1, 0.15) is 11.1 Å². The van der Waals surface area contributed by atoms with E-state index in [0.29, 0.717) is 16.4 Å². The molecule has 184 valence electrons. The minimum absolute atomic E-state index is 0.0924. The first kappa shape index (κ1) is 25.8. The first-order valence-corrected chi connectivity index (χ1v) is 14.0. The second-order valence-electron chi connectivity index (χ2n) is 8.11. The van der Waals surface area contributed by atoms with E-state index in [2.05, 4.69) is 17.4 Å². The van der Waals surface area contributed by atoms with Crippen molar-refractivity contribution in [2.75, 3.05) is 16.2 Å². The van der Waals surface area contributed by atoms with Crippen LogP contribution in [0.25, 0.3) is 0 Å². The SMILES string of the molecule is Cc1ccc(N(CC(=O)Nc2ccc(CSc3ccccc3)cc2)S(=O)(=O)c2ccccc2)cc1Cl. The number of benzene rings is 4. The molecule has 4 rings (SSSR count). The topological polar surface area (TPSA) is 66.5 Å². The van der Waals surface area contributed by atoms with Crippen LogP contribution in [0.15, 0.2) is 113 Å². The minimum Gasteiger partial charge on any atom is -0.325 e. The highest BCUT2D eigenvalue weighted by Gasteiger charge is 2.27. The average molecular weight is 537 g/mol. The summed E-state index contributed by atoms with van der Waals surface area (Å²) in [7, 11) is -4.00. The number of halogens is 1. The van der Waals surface area contributed by atoms with Crippen molar-refractivity contribution in [2.24, 2.45) is 0 Å². The van der Waals surface area contributed by atoms with Crippen LogP contribution in [0.4, 0.5) is 11.4 Å². The Hall–Kier alpha value is -3.26. The molecule has 36 heavy (non-hydrogen) atoms. The second kappa shape index (κ2) is 11.6. The van der Waals surface area contributed by atoms with Crippen molar-refractivity contribution in [1.29, 1.82) is 0 Å². The van der Waals surface area contributed by atoms with Crippen LogP contribution in [-0.2, 0) is 20.6 Å². The fourth-order valence-electron chi connectivity index (χ4n) is 3.47. The van der Waals surface area contributed by atoms with E-state index in [4.69, 9.17) is 11.6 Å². The van der Waals surface area contributed by atoms with Crippen molar-refractivity contribution >= 4 is 50.7 Å². The van der Waals surface area contributed by atoms with Crippen LogP contribution in [0.5, 0.6) is 0 Å². The smallest absolute Gasteiger partial charge is 0.264 e. The van der Waals surface area contributed by atoms with Crippen molar-refractivity contribution in [3.8, 4) is 0 Å². The predicted octanol–water partition coefficient (Wildman–Crippen LogP) is 6.77.